The summed E-state index contributed by atoms with van der Waals surface area (Å²) in [5, 5.41) is 3.27. The molecule has 3 aromatic rings. The number of likely N-dealkylation sites (N-methyl/N-ethyl adjacent to an activating group) is 1. The summed E-state index contributed by atoms with van der Waals surface area (Å²) in [6.45, 7) is 10.9. The Morgan fingerprint density at radius 1 is 1.10 bits per heavy atom. The number of pyridine rings is 1. The van der Waals surface area contributed by atoms with Crippen molar-refractivity contribution in [1.82, 2.24) is 9.88 Å². The Balaban J connectivity index is 1.36. The van der Waals surface area contributed by atoms with E-state index < -0.39 is 17.2 Å². The minimum atomic E-state index is -3.29. The van der Waals surface area contributed by atoms with Crippen LogP contribution in [0.15, 0.2) is 53.6 Å². The molecule has 0 atom stereocenters. The maximum Gasteiger partial charge on any atom is 0.197 e. The molecule has 10 heteroatoms. The van der Waals surface area contributed by atoms with E-state index in [1.54, 1.807) is 19.4 Å². The number of aryl methyl sites for hydroxylation is 1. The molecule has 220 valence electrons. The first-order valence-corrected chi connectivity index (χ1v) is 18.4. The van der Waals surface area contributed by atoms with Crippen molar-refractivity contribution < 1.29 is 22.2 Å². The van der Waals surface area contributed by atoms with Gasteiger partial charge in [-0.1, -0.05) is 31.2 Å². The summed E-state index contributed by atoms with van der Waals surface area (Å²) in [4.78, 5) is 7.28. The third-order valence-corrected chi connectivity index (χ3v) is 10.6. The molecule has 2 aliphatic rings. The van der Waals surface area contributed by atoms with Crippen LogP contribution in [-0.2, 0) is 25.3 Å². The first-order chi connectivity index (χ1) is 19.5. The van der Waals surface area contributed by atoms with E-state index in [0.29, 0.717) is 24.5 Å². The first kappa shape index (κ1) is 29.8. The van der Waals surface area contributed by atoms with Gasteiger partial charge in [-0.15, -0.1) is 0 Å². The molecular weight excluding hydrogens is 557 g/mol. The molecule has 1 fully saturated rings. The molecule has 0 spiro atoms. The largest absolute Gasteiger partial charge is 0.491 e. The van der Waals surface area contributed by atoms with Crippen LogP contribution in [0.4, 0.5) is 11.5 Å². The molecule has 1 aliphatic carbocycles. The molecule has 0 unspecified atom stereocenters. The standard InChI is InChI=1S/C31H40N3O5PS/c1-5-34(15-17-39-40(3,4)35)14-7-16-38-29-13-12-27(23-8-6-9-26(19-23)41(36,37)25-10-11-25)28-20-24-18-22(2)21-32-31(24)33-30(28)29/h6,8-9,12-13,18-19,21,25H,5,7,10-11,14-17,20H2,1-4H3,(H,32,33). The van der Waals surface area contributed by atoms with Crippen molar-refractivity contribution in [1.29, 1.82) is 0 Å². The van der Waals surface area contributed by atoms with Gasteiger partial charge in [-0.2, -0.15) is 0 Å². The Morgan fingerprint density at radius 3 is 2.63 bits per heavy atom. The summed E-state index contributed by atoms with van der Waals surface area (Å²) < 4.78 is 49.5. The quantitative estimate of drug-likeness (QED) is 0.142. The van der Waals surface area contributed by atoms with Gasteiger partial charge < -0.3 is 19.5 Å². The van der Waals surface area contributed by atoms with Crippen LogP contribution < -0.4 is 10.1 Å². The van der Waals surface area contributed by atoms with Gasteiger partial charge in [0.2, 0.25) is 0 Å². The number of aromatic nitrogens is 1. The molecule has 1 N–H and O–H groups in total. The molecule has 0 amide bonds. The number of sulfone groups is 1. The Hall–Kier alpha value is -2.71. The second-order valence-corrected chi connectivity index (χ2v) is 16.3. The zero-order valence-electron chi connectivity index (χ0n) is 24.4. The SMILES string of the molecule is CCN(CCCOc1ccc(-c2cccc(S(=O)(=O)C3CC3)c2)c2c1Nc1ncc(C)cc1C2)CCOP(C)(C)=O. The molecule has 8 nitrogen and oxygen atoms in total. The van der Waals surface area contributed by atoms with Crippen molar-refractivity contribution in [3.63, 3.8) is 0 Å². The first-order valence-electron chi connectivity index (χ1n) is 14.3. The number of nitrogens with zero attached hydrogens (tertiary/aromatic N) is 2. The van der Waals surface area contributed by atoms with Crippen LogP contribution in [0.5, 0.6) is 5.75 Å². The number of hydrogen-bond acceptors (Lipinski definition) is 8. The van der Waals surface area contributed by atoms with E-state index in [1.807, 2.05) is 43.5 Å². The van der Waals surface area contributed by atoms with Crippen LogP contribution in [0.25, 0.3) is 11.1 Å². The van der Waals surface area contributed by atoms with Gasteiger partial charge in [0.05, 0.1) is 29.0 Å². The predicted octanol–water partition coefficient (Wildman–Crippen LogP) is 6.29. The summed E-state index contributed by atoms with van der Waals surface area (Å²) >= 11 is 0. The predicted molar refractivity (Wildman–Crippen MR) is 165 cm³/mol. The molecule has 41 heavy (non-hydrogen) atoms. The fourth-order valence-corrected chi connectivity index (χ4v) is 7.45. The lowest BCUT2D eigenvalue weighted by atomic mass is 9.90. The lowest BCUT2D eigenvalue weighted by molar-refractivity contribution is 0.202. The van der Waals surface area contributed by atoms with E-state index in [9.17, 15) is 13.0 Å². The van der Waals surface area contributed by atoms with Crippen LogP contribution in [0, 0.1) is 6.92 Å². The second-order valence-electron chi connectivity index (χ2n) is 11.3. The van der Waals surface area contributed by atoms with Crippen LogP contribution in [0.3, 0.4) is 0 Å². The molecule has 2 aromatic carbocycles. The van der Waals surface area contributed by atoms with Crippen molar-refractivity contribution in [3.8, 4) is 16.9 Å². The third-order valence-electron chi connectivity index (χ3n) is 7.56. The fourth-order valence-electron chi connectivity index (χ4n) is 5.22. The van der Waals surface area contributed by atoms with E-state index in [4.69, 9.17) is 9.26 Å². The van der Waals surface area contributed by atoms with Gasteiger partial charge in [0.1, 0.15) is 11.6 Å². The fraction of sp³-hybridized carbons (Fsp3) is 0.452. The number of nitrogens with one attached hydrogen (secondary N) is 1. The topological polar surface area (TPSA) is 97.8 Å². The Kier molecular flexibility index (Phi) is 8.90. The molecule has 0 radical (unpaired) electrons. The molecule has 0 bridgehead atoms. The van der Waals surface area contributed by atoms with Crippen molar-refractivity contribution in [2.24, 2.45) is 0 Å². The maximum absolute atomic E-state index is 13.0. The van der Waals surface area contributed by atoms with Gasteiger partial charge in [0.25, 0.3) is 0 Å². The van der Waals surface area contributed by atoms with Gasteiger partial charge in [-0.25, -0.2) is 13.4 Å². The summed E-state index contributed by atoms with van der Waals surface area (Å²) in [6, 6.07) is 13.5. The maximum atomic E-state index is 13.0. The molecule has 1 aliphatic heterocycles. The average molecular weight is 598 g/mol. The van der Waals surface area contributed by atoms with Gasteiger partial charge in [-0.05, 0) is 78.7 Å². The molecule has 0 saturated heterocycles. The molecule has 1 aromatic heterocycles. The van der Waals surface area contributed by atoms with Gasteiger partial charge in [0, 0.05) is 39.0 Å². The highest BCUT2D eigenvalue weighted by Crippen LogP contribution is 2.44. The van der Waals surface area contributed by atoms with Crippen LogP contribution >= 0.6 is 7.37 Å². The smallest absolute Gasteiger partial charge is 0.197 e. The van der Waals surface area contributed by atoms with Crippen LogP contribution in [0.1, 0.15) is 42.9 Å². The van der Waals surface area contributed by atoms with Crippen molar-refractivity contribution in [2.75, 3.05) is 51.5 Å². The van der Waals surface area contributed by atoms with Gasteiger partial charge in [-0.3, -0.25) is 4.57 Å². The highest BCUT2D eigenvalue weighted by molar-refractivity contribution is 7.92. The van der Waals surface area contributed by atoms with E-state index >= 15 is 0 Å². The molecule has 2 heterocycles. The highest BCUT2D eigenvalue weighted by atomic mass is 32.2. The molecule has 1 saturated carbocycles. The highest BCUT2D eigenvalue weighted by Gasteiger charge is 2.37. The third kappa shape index (κ3) is 7.20. The van der Waals surface area contributed by atoms with Crippen LogP contribution in [-0.4, -0.2) is 69.7 Å². The Morgan fingerprint density at radius 2 is 1.90 bits per heavy atom. The number of ether oxygens (including phenoxy) is 1. The lowest BCUT2D eigenvalue weighted by Gasteiger charge is -2.26. The number of hydrogen-bond donors (Lipinski definition) is 1. The van der Waals surface area contributed by atoms with Gasteiger partial charge >= 0.3 is 0 Å². The monoisotopic (exact) mass is 597 g/mol. The Bertz CT molecular complexity index is 1570. The number of rotatable bonds is 13. The zero-order valence-corrected chi connectivity index (χ0v) is 26.1. The summed E-state index contributed by atoms with van der Waals surface area (Å²) in [5.41, 5.74) is 6.00. The van der Waals surface area contributed by atoms with Crippen molar-refractivity contribution in [3.05, 3.63) is 65.4 Å². The van der Waals surface area contributed by atoms with E-state index in [2.05, 4.69) is 28.2 Å². The average Bonchev–Trinajstić information content (AvgIpc) is 3.79. The van der Waals surface area contributed by atoms with Crippen molar-refractivity contribution >= 4 is 28.7 Å². The van der Waals surface area contributed by atoms with Crippen LogP contribution in [0.2, 0.25) is 0 Å². The second kappa shape index (κ2) is 12.3. The van der Waals surface area contributed by atoms with E-state index in [-0.39, 0.29) is 5.25 Å². The summed E-state index contributed by atoms with van der Waals surface area (Å²) in [6.07, 6.45) is 4.83. The summed E-state index contributed by atoms with van der Waals surface area (Å²) in [5.74, 6) is 1.57. The molecule has 5 rings (SSSR count). The van der Waals surface area contributed by atoms with Crippen molar-refractivity contribution in [2.45, 2.75) is 49.7 Å². The number of benzene rings is 2. The van der Waals surface area contributed by atoms with Gasteiger partial charge in [0.15, 0.2) is 17.2 Å². The summed E-state index contributed by atoms with van der Waals surface area (Å²) in [7, 11) is -5.77. The molecular formula is C31H40N3O5PS. The minimum absolute atomic E-state index is 0.249. The van der Waals surface area contributed by atoms with E-state index in [0.717, 1.165) is 84.0 Å². The lowest BCUT2D eigenvalue weighted by Crippen LogP contribution is -2.29. The van der Waals surface area contributed by atoms with E-state index in [1.165, 1.54) is 0 Å². The number of fused-ring (bicyclic) bond motifs is 2. The number of anilines is 2. The normalized spacial score (nSPS) is 14.9. The zero-order chi connectivity index (χ0) is 29.2. The Labute approximate surface area is 243 Å². The minimum Gasteiger partial charge on any atom is -0.491 e.